The molecule has 3 rings (SSSR count). The molecule has 0 aliphatic heterocycles. The zero-order valence-electron chi connectivity index (χ0n) is 16.3. The van der Waals surface area contributed by atoms with E-state index in [2.05, 4.69) is 9.82 Å². The molecule has 27 heavy (non-hydrogen) atoms. The van der Waals surface area contributed by atoms with Gasteiger partial charge in [-0.15, -0.1) is 0 Å². The molecular weight excluding hydrogens is 358 g/mol. The Balaban J connectivity index is 2.11. The van der Waals surface area contributed by atoms with E-state index < -0.39 is 15.4 Å². The molecule has 0 amide bonds. The van der Waals surface area contributed by atoms with E-state index in [1.807, 2.05) is 83.1 Å². The van der Waals surface area contributed by atoms with Crippen molar-refractivity contribution in [2.75, 3.05) is 4.72 Å². The van der Waals surface area contributed by atoms with Crippen molar-refractivity contribution in [2.45, 2.75) is 44.9 Å². The third kappa shape index (κ3) is 4.06. The molecule has 1 N–H and O–H groups in total. The maximum atomic E-state index is 13.2. The number of aryl methyl sites for hydroxylation is 2. The molecule has 0 unspecified atom stereocenters. The zero-order valence-corrected chi connectivity index (χ0v) is 17.1. The minimum absolute atomic E-state index is 0.194. The Kier molecular flexibility index (Phi) is 4.86. The van der Waals surface area contributed by atoms with Gasteiger partial charge in [-0.1, -0.05) is 51.1 Å². The Morgan fingerprint density at radius 2 is 1.67 bits per heavy atom. The molecule has 1 aromatic heterocycles. The number of benzene rings is 2. The molecule has 0 saturated carbocycles. The molecule has 0 bridgehead atoms. The van der Waals surface area contributed by atoms with Crippen LogP contribution in [0, 0.1) is 13.8 Å². The van der Waals surface area contributed by atoms with Gasteiger partial charge in [0.2, 0.25) is 0 Å². The highest BCUT2D eigenvalue weighted by molar-refractivity contribution is 7.92. The highest BCUT2D eigenvalue weighted by Gasteiger charge is 2.30. The van der Waals surface area contributed by atoms with E-state index in [-0.39, 0.29) is 4.90 Å². The first kappa shape index (κ1) is 19.2. The van der Waals surface area contributed by atoms with Crippen molar-refractivity contribution in [3.05, 3.63) is 71.5 Å². The van der Waals surface area contributed by atoms with Crippen molar-refractivity contribution >= 4 is 15.7 Å². The molecule has 0 fully saturated rings. The van der Waals surface area contributed by atoms with E-state index in [9.17, 15) is 8.42 Å². The first-order valence-electron chi connectivity index (χ1n) is 8.83. The van der Waals surface area contributed by atoms with Crippen LogP contribution in [0.4, 0.5) is 5.69 Å². The fourth-order valence-corrected chi connectivity index (χ4v) is 4.29. The fraction of sp³-hybridized carbons (Fsp3) is 0.286. The molecule has 1 heterocycles. The van der Waals surface area contributed by atoms with E-state index in [4.69, 9.17) is 0 Å². The van der Waals surface area contributed by atoms with Crippen LogP contribution < -0.4 is 4.72 Å². The van der Waals surface area contributed by atoms with Gasteiger partial charge in [-0.2, -0.15) is 5.10 Å². The van der Waals surface area contributed by atoms with Crippen molar-refractivity contribution < 1.29 is 8.42 Å². The van der Waals surface area contributed by atoms with Crippen molar-refractivity contribution in [1.29, 1.82) is 0 Å². The van der Waals surface area contributed by atoms with Crippen molar-refractivity contribution in [1.82, 2.24) is 9.78 Å². The lowest BCUT2D eigenvalue weighted by Crippen LogP contribution is -2.20. The van der Waals surface area contributed by atoms with E-state index in [1.165, 1.54) is 0 Å². The van der Waals surface area contributed by atoms with Crippen LogP contribution in [-0.2, 0) is 15.4 Å². The molecule has 6 heteroatoms. The highest BCUT2D eigenvalue weighted by atomic mass is 32.2. The highest BCUT2D eigenvalue weighted by Crippen LogP contribution is 2.30. The van der Waals surface area contributed by atoms with Crippen molar-refractivity contribution in [3.8, 4) is 5.69 Å². The molecule has 2 aromatic carbocycles. The van der Waals surface area contributed by atoms with Crippen LogP contribution in [0.1, 0.15) is 37.6 Å². The summed E-state index contributed by atoms with van der Waals surface area (Å²) in [5.74, 6) is 0. The summed E-state index contributed by atoms with van der Waals surface area (Å²) in [7, 11) is -3.79. The van der Waals surface area contributed by atoms with Crippen LogP contribution >= 0.6 is 0 Å². The first-order valence-corrected chi connectivity index (χ1v) is 10.3. The Morgan fingerprint density at radius 3 is 2.30 bits per heavy atom. The second kappa shape index (κ2) is 6.85. The molecule has 5 nitrogen and oxygen atoms in total. The van der Waals surface area contributed by atoms with Gasteiger partial charge in [-0.25, -0.2) is 13.1 Å². The topological polar surface area (TPSA) is 64.0 Å². The summed E-state index contributed by atoms with van der Waals surface area (Å²) in [5, 5.41) is 4.60. The Labute approximate surface area is 161 Å². The molecule has 0 saturated heterocycles. The van der Waals surface area contributed by atoms with Gasteiger partial charge < -0.3 is 0 Å². The van der Waals surface area contributed by atoms with Crippen molar-refractivity contribution in [2.24, 2.45) is 0 Å². The number of nitrogens with zero attached hydrogens (tertiary/aromatic N) is 2. The van der Waals surface area contributed by atoms with E-state index in [1.54, 1.807) is 10.9 Å². The average Bonchev–Trinajstić information content (AvgIpc) is 3.05. The van der Waals surface area contributed by atoms with Crippen LogP contribution in [0.15, 0.2) is 59.6 Å². The Bertz CT molecular complexity index is 1060. The number of sulfonamides is 1. The third-order valence-electron chi connectivity index (χ3n) is 4.34. The Hall–Kier alpha value is -2.60. The van der Waals surface area contributed by atoms with Crippen LogP contribution in [0.3, 0.4) is 0 Å². The normalized spacial score (nSPS) is 12.2. The van der Waals surface area contributed by atoms with E-state index in [0.717, 1.165) is 16.8 Å². The minimum Gasteiger partial charge on any atom is -0.279 e. The second-order valence-corrected chi connectivity index (χ2v) is 9.45. The maximum absolute atomic E-state index is 13.2. The molecule has 0 atom stereocenters. The molecule has 0 aliphatic rings. The van der Waals surface area contributed by atoms with E-state index >= 15 is 0 Å². The quantitative estimate of drug-likeness (QED) is 0.717. The molecule has 0 spiro atoms. The number of hydrogen-bond donors (Lipinski definition) is 1. The van der Waals surface area contributed by atoms with Gasteiger partial charge in [0.15, 0.2) is 0 Å². The Morgan fingerprint density at radius 1 is 1.00 bits per heavy atom. The molecule has 0 aliphatic carbocycles. The molecule has 0 radical (unpaired) electrons. The van der Waals surface area contributed by atoms with E-state index in [0.29, 0.717) is 11.4 Å². The lowest BCUT2D eigenvalue weighted by atomic mass is 9.92. The smallest absolute Gasteiger partial charge is 0.265 e. The average molecular weight is 384 g/mol. The number of nitrogens with one attached hydrogen (secondary N) is 1. The predicted octanol–water partition coefficient (Wildman–Crippen LogP) is 4.59. The third-order valence-corrected chi connectivity index (χ3v) is 5.71. The summed E-state index contributed by atoms with van der Waals surface area (Å²) < 4.78 is 30.8. The molecular formula is C21H25N3O2S. The van der Waals surface area contributed by atoms with Gasteiger partial charge in [0, 0.05) is 5.41 Å². The summed E-state index contributed by atoms with van der Waals surface area (Å²) in [5.41, 5.74) is 3.38. The number of aromatic nitrogens is 2. The maximum Gasteiger partial charge on any atom is 0.265 e. The molecule has 3 aromatic rings. The van der Waals surface area contributed by atoms with Gasteiger partial charge in [-0.05, 0) is 43.2 Å². The summed E-state index contributed by atoms with van der Waals surface area (Å²) in [4.78, 5) is 0.194. The summed E-state index contributed by atoms with van der Waals surface area (Å²) in [6.07, 6.45) is 1.59. The zero-order chi connectivity index (χ0) is 19.8. The fourth-order valence-electron chi connectivity index (χ4n) is 2.83. The number of para-hydroxylation sites is 1. The molecule has 142 valence electrons. The number of anilines is 1. The second-order valence-electron chi connectivity index (χ2n) is 7.80. The van der Waals surface area contributed by atoms with Crippen LogP contribution in [-0.4, -0.2) is 18.2 Å². The van der Waals surface area contributed by atoms with Crippen LogP contribution in [0.25, 0.3) is 5.69 Å². The number of hydrogen-bond acceptors (Lipinski definition) is 3. The summed E-state index contributed by atoms with van der Waals surface area (Å²) >= 11 is 0. The lowest BCUT2D eigenvalue weighted by molar-refractivity contribution is 0.543. The van der Waals surface area contributed by atoms with Gasteiger partial charge in [-0.3, -0.25) is 4.72 Å². The largest absolute Gasteiger partial charge is 0.279 e. The minimum atomic E-state index is -3.79. The predicted molar refractivity (Wildman–Crippen MR) is 109 cm³/mol. The monoisotopic (exact) mass is 383 g/mol. The first-order chi connectivity index (χ1) is 12.6. The van der Waals surface area contributed by atoms with Gasteiger partial charge in [0.25, 0.3) is 10.0 Å². The van der Waals surface area contributed by atoms with Crippen LogP contribution in [0.2, 0.25) is 0 Å². The standard InChI is InChI=1S/C21H25N3O2S/c1-15-11-12-16(2)18(13-15)23-27(25,26)19-14-24(17-9-7-6-8-10-17)22-20(19)21(3,4)5/h6-14,23H,1-5H3. The van der Waals surface area contributed by atoms with Crippen LogP contribution in [0.5, 0.6) is 0 Å². The van der Waals surface area contributed by atoms with Crippen molar-refractivity contribution in [3.63, 3.8) is 0 Å². The van der Waals surface area contributed by atoms with Gasteiger partial charge >= 0.3 is 0 Å². The number of rotatable bonds is 4. The van der Waals surface area contributed by atoms with Gasteiger partial charge in [0.05, 0.1) is 23.3 Å². The summed E-state index contributed by atoms with van der Waals surface area (Å²) in [6, 6.07) is 15.2. The lowest BCUT2D eigenvalue weighted by Gasteiger charge is -2.18. The summed E-state index contributed by atoms with van der Waals surface area (Å²) in [6.45, 7) is 9.70. The SMILES string of the molecule is Cc1ccc(C)c(NS(=O)(=O)c2cn(-c3ccccc3)nc2C(C)(C)C)c1. The van der Waals surface area contributed by atoms with Gasteiger partial charge in [0.1, 0.15) is 4.90 Å².